The van der Waals surface area contributed by atoms with Crippen molar-refractivity contribution in [3.8, 4) is 22.6 Å². The molecule has 1 aliphatic rings. The lowest BCUT2D eigenvalue weighted by Crippen LogP contribution is -2.36. The molecule has 0 bridgehead atoms. The molecule has 35 heavy (non-hydrogen) atoms. The third kappa shape index (κ3) is 5.00. The van der Waals surface area contributed by atoms with Crippen molar-refractivity contribution in [3.63, 3.8) is 0 Å². The van der Waals surface area contributed by atoms with Crippen LogP contribution in [-0.2, 0) is 4.74 Å². The van der Waals surface area contributed by atoms with Crippen molar-refractivity contribution in [1.82, 2.24) is 9.97 Å². The van der Waals surface area contributed by atoms with E-state index in [-0.39, 0.29) is 0 Å². The number of benzene rings is 2. The summed E-state index contributed by atoms with van der Waals surface area (Å²) in [6.45, 7) is 8.08. The molecule has 0 radical (unpaired) electrons. The van der Waals surface area contributed by atoms with Gasteiger partial charge in [-0.05, 0) is 31.5 Å². The molecule has 5 rings (SSSR count). The number of nitrogens with one attached hydrogen (secondary N) is 1. The van der Waals surface area contributed by atoms with Crippen molar-refractivity contribution in [3.05, 3.63) is 53.1 Å². The molecule has 0 aliphatic carbocycles. The summed E-state index contributed by atoms with van der Waals surface area (Å²) in [6.07, 6.45) is 1.58. The van der Waals surface area contributed by atoms with Gasteiger partial charge in [0, 0.05) is 41.2 Å². The van der Waals surface area contributed by atoms with Gasteiger partial charge in [0.1, 0.15) is 28.5 Å². The molecule has 1 N–H and O–H groups in total. The fourth-order valence-electron chi connectivity index (χ4n) is 4.18. The molecule has 7 nitrogen and oxygen atoms in total. The zero-order chi connectivity index (χ0) is 24.2. The van der Waals surface area contributed by atoms with Gasteiger partial charge in [-0.2, -0.15) is 0 Å². The zero-order valence-corrected chi connectivity index (χ0v) is 21.3. The first kappa shape index (κ1) is 23.7. The predicted molar refractivity (Wildman–Crippen MR) is 143 cm³/mol. The highest BCUT2D eigenvalue weighted by Gasteiger charge is 2.21. The number of thiophene rings is 1. The lowest BCUT2D eigenvalue weighted by atomic mass is 10.1. The normalized spacial score (nSPS) is 13.7. The van der Waals surface area contributed by atoms with Crippen molar-refractivity contribution in [2.24, 2.45) is 0 Å². The van der Waals surface area contributed by atoms with E-state index in [1.54, 1.807) is 17.7 Å². The van der Waals surface area contributed by atoms with Crippen molar-refractivity contribution in [2.45, 2.75) is 13.8 Å². The summed E-state index contributed by atoms with van der Waals surface area (Å²) in [7, 11) is 0. The second-order valence-corrected chi connectivity index (χ2v) is 9.26. The van der Waals surface area contributed by atoms with Gasteiger partial charge < -0.3 is 24.4 Å². The van der Waals surface area contributed by atoms with Gasteiger partial charge in [-0.1, -0.05) is 23.7 Å². The van der Waals surface area contributed by atoms with Crippen LogP contribution in [0.2, 0.25) is 5.02 Å². The maximum atomic E-state index is 6.12. The fraction of sp³-hybridized carbons (Fsp3) is 0.308. The van der Waals surface area contributed by atoms with Gasteiger partial charge in [0.25, 0.3) is 0 Å². The van der Waals surface area contributed by atoms with Gasteiger partial charge in [-0.3, -0.25) is 0 Å². The van der Waals surface area contributed by atoms with Crippen LogP contribution in [0.5, 0.6) is 11.5 Å². The average molecular weight is 511 g/mol. The molecule has 0 unspecified atom stereocenters. The molecular weight excluding hydrogens is 484 g/mol. The van der Waals surface area contributed by atoms with Crippen LogP contribution in [0.25, 0.3) is 21.3 Å². The Hall–Kier alpha value is -3.07. The molecule has 0 atom stereocenters. The van der Waals surface area contributed by atoms with Crippen LogP contribution < -0.4 is 19.7 Å². The molecule has 9 heteroatoms. The SMILES string of the molecule is CCOc1cc(N2CCOCC2)c(OCC)cc1Nc1ncnc2scc(-c3ccc(Cl)cc3)c12. The van der Waals surface area contributed by atoms with E-state index in [0.717, 1.165) is 57.3 Å². The highest BCUT2D eigenvalue weighted by molar-refractivity contribution is 7.17. The second-order valence-electron chi connectivity index (χ2n) is 7.97. The van der Waals surface area contributed by atoms with E-state index < -0.39 is 0 Å². The molecule has 182 valence electrons. The topological polar surface area (TPSA) is 68.7 Å². The number of fused-ring (bicyclic) bond motifs is 1. The standard InChI is InChI=1S/C26H27ClN4O3S/c1-3-33-22-14-21(31-9-11-32-12-10-31)23(34-4-2)13-20(22)30-25-24-19(15-35-26(24)29-16-28-25)17-5-7-18(27)8-6-17/h5-8,13-16H,3-4,9-12H2,1-2H3,(H,28,29,30). The lowest BCUT2D eigenvalue weighted by molar-refractivity contribution is 0.122. The van der Waals surface area contributed by atoms with Crippen molar-refractivity contribution >= 4 is 50.3 Å². The van der Waals surface area contributed by atoms with Gasteiger partial charge in [-0.25, -0.2) is 9.97 Å². The van der Waals surface area contributed by atoms with Gasteiger partial charge in [0.15, 0.2) is 0 Å². The molecule has 1 fully saturated rings. The molecule has 1 saturated heterocycles. The first-order chi connectivity index (χ1) is 17.2. The first-order valence-corrected chi connectivity index (χ1v) is 12.9. The number of hydrogen-bond donors (Lipinski definition) is 1. The third-order valence-corrected chi connectivity index (χ3v) is 6.93. The molecule has 3 heterocycles. The van der Waals surface area contributed by atoms with E-state index in [2.05, 4.69) is 25.6 Å². The summed E-state index contributed by atoms with van der Waals surface area (Å²) in [5.74, 6) is 2.25. The van der Waals surface area contributed by atoms with E-state index in [0.29, 0.717) is 37.3 Å². The Kier molecular flexibility index (Phi) is 7.22. The highest BCUT2D eigenvalue weighted by Crippen LogP contribution is 2.43. The number of hydrogen-bond acceptors (Lipinski definition) is 8. The molecule has 0 saturated carbocycles. The minimum Gasteiger partial charge on any atom is -0.492 e. The molecule has 2 aromatic carbocycles. The third-order valence-electron chi connectivity index (χ3n) is 5.79. The molecule has 4 aromatic rings. The Bertz CT molecular complexity index is 1310. The molecule has 0 amide bonds. The summed E-state index contributed by atoms with van der Waals surface area (Å²) < 4.78 is 17.7. The monoisotopic (exact) mass is 510 g/mol. The van der Waals surface area contributed by atoms with Gasteiger partial charge >= 0.3 is 0 Å². The highest BCUT2D eigenvalue weighted by atomic mass is 35.5. The second kappa shape index (κ2) is 10.7. The number of nitrogens with zero attached hydrogens (tertiary/aromatic N) is 3. The quantitative estimate of drug-likeness (QED) is 0.294. The van der Waals surface area contributed by atoms with Crippen LogP contribution in [0.1, 0.15) is 13.8 Å². The number of rotatable bonds is 8. The summed E-state index contributed by atoms with van der Waals surface area (Å²) in [6, 6.07) is 11.9. The maximum absolute atomic E-state index is 6.12. The van der Waals surface area contributed by atoms with Crippen LogP contribution in [-0.4, -0.2) is 49.5 Å². The van der Waals surface area contributed by atoms with Gasteiger partial charge in [-0.15, -0.1) is 11.3 Å². The van der Waals surface area contributed by atoms with Crippen molar-refractivity contribution < 1.29 is 14.2 Å². The Labute approximate surface area is 213 Å². The van der Waals surface area contributed by atoms with E-state index in [4.69, 9.17) is 25.8 Å². The minimum absolute atomic E-state index is 0.541. The Morgan fingerprint density at radius 2 is 1.77 bits per heavy atom. The molecule has 0 spiro atoms. The maximum Gasteiger partial charge on any atom is 0.145 e. The van der Waals surface area contributed by atoms with Crippen molar-refractivity contribution in [2.75, 3.05) is 49.7 Å². The van der Waals surface area contributed by atoms with Crippen LogP contribution >= 0.6 is 22.9 Å². The summed E-state index contributed by atoms with van der Waals surface area (Å²) in [4.78, 5) is 12.3. The largest absolute Gasteiger partial charge is 0.492 e. The van der Waals surface area contributed by atoms with E-state index >= 15 is 0 Å². The molecule has 1 aliphatic heterocycles. The number of anilines is 3. The summed E-state index contributed by atoms with van der Waals surface area (Å²) in [5, 5.41) is 7.28. The van der Waals surface area contributed by atoms with Crippen molar-refractivity contribution in [1.29, 1.82) is 0 Å². The van der Waals surface area contributed by atoms with E-state index in [1.807, 2.05) is 50.2 Å². The Morgan fingerprint density at radius 1 is 1.03 bits per heavy atom. The van der Waals surface area contributed by atoms with Gasteiger partial charge in [0.05, 0.1) is 43.2 Å². The van der Waals surface area contributed by atoms with E-state index in [1.165, 1.54) is 0 Å². The summed E-state index contributed by atoms with van der Waals surface area (Å²) >= 11 is 7.70. The summed E-state index contributed by atoms with van der Waals surface area (Å²) in [5.41, 5.74) is 3.91. The zero-order valence-electron chi connectivity index (χ0n) is 19.7. The van der Waals surface area contributed by atoms with Crippen LogP contribution in [0.3, 0.4) is 0 Å². The van der Waals surface area contributed by atoms with E-state index in [9.17, 15) is 0 Å². The smallest absolute Gasteiger partial charge is 0.145 e. The molecule has 2 aromatic heterocycles. The van der Waals surface area contributed by atoms with Crippen LogP contribution in [0.4, 0.5) is 17.2 Å². The lowest BCUT2D eigenvalue weighted by Gasteiger charge is -2.31. The minimum atomic E-state index is 0.541. The predicted octanol–water partition coefficient (Wildman–Crippen LogP) is 6.39. The van der Waals surface area contributed by atoms with Crippen LogP contribution in [0, 0.1) is 0 Å². The Morgan fingerprint density at radius 3 is 2.51 bits per heavy atom. The molecular formula is C26H27ClN4O3S. The van der Waals surface area contributed by atoms with Crippen LogP contribution in [0.15, 0.2) is 48.1 Å². The number of halogens is 1. The first-order valence-electron chi connectivity index (χ1n) is 11.7. The number of morpholine rings is 1. The Balaban J connectivity index is 1.58. The number of aromatic nitrogens is 2. The van der Waals surface area contributed by atoms with Gasteiger partial charge in [0.2, 0.25) is 0 Å². The fourth-order valence-corrected chi connectivity index (χ4v) is 5.23. The average Bonchev–Trinajstić information content (AvgIpc) is 3.32. The number of ether oxygens (including phenoxy) is 3.